The van der Waals surface area contributed by atoms with Crippen LogP contribution in [0.4, 0.5) is 0 Å². The minimum absolute atomic E-state index is 0.0477. The summed E-state index contributed by atoms with van der Waals surface area (Å²) in [4.78, 5) is 14.8. The molecule has 2 aromatic rings. The Morgan fingerprint density at radius 2 is 1.73 bits per heavy atom. The lowest BCUT2D eigenvalue weighted by Crippen LogP contribution is -2.42. The molecule has 1 aliphatic carbocycles. The number of likely N-dealkylation sites (N-methyl/N-ethyl adjacent to an activating group) is 1. The van der Waals surface area contributed by atoms with Crippen LogP contribution in [0.2, 0.25) is 0 Å². The Morgan fingerprint density at radius 1 is 1.12 bits per heavy atom. The van der Waals surface area contributed by atoms with E-state index in [9.17, 15) is 10.1 Å². The van der Waals surface area contributed by atoms with Gasteiger partial charge in [-0.05, 0) is 57.1 Å². The molecule has 0 spiro atoms. The van der Waals surface area contributed by atoms with Gasteiger partial charge in [-0.15, -0.1) is 0 Å². The summed E-state index contributed by atoms with van der Waals surface area (Å²) >= 11 is 0. The Morgan fingerprint density at radius 3 is 2.23 bits per heavy atom. The number of nitrogens with zero attached hydrogens (tertiary/aromatic N) is 2. The van der Waals surface area contributed by atoms with Gasteiger partial charge >= 0.3 is 0 Å². The summed E-state index contributed by atoms with van der Waals surface area (Å²) in [5, 5.41) is 12.4. The third-order valence-corrected chi connectivity index (χ3v) is 5.19. The average Bonchev–Trinajstić information content (AvgIpc) is 3.44. The van der Waals surface area contributed by atoms with E-state index >= 15 is 0 Å². The first kappa shape index (κ1) is 18.2. The van der Waals surface area contributed by atoms with E-state index in [0.29, 0.717) is 5.56 Å². The molecule has 1 aliphatic rings. The van der Waals surface area contributed by atoms with Crippen molar-refractivity contribution >= 4 is 5.91 Å². The van der Waals surface area contributed by atoms with Crippen molar-refractivity contribution in [2.24, 2.45) is 0 Å². The maximum Gasteiger partial charge on any atom is 0.251 e. The van der Waals surface area contributed by atoms with Crippen LogP contribution in [0.5, 0.6) is 0 Å². The van der Waals surface area contributed by atoms with E-state index in [2.05, 4.69) is 28.4 Å². The number of rotatable bonds is 6. The molecule has 2 aromatic carbocycles. The van der Waals surface area contributed by atoms with E-state index in [-0.39, 0.29) is 23.4 Å². The van der Waals surface area contributed by atoms with E-state index in [1.807, 2.05) is 63.5 Å². The zero-order chi connectivity index (χ0) is 18.7. The molecule has 3 rings (SSSR count). The van der Waals surface area contributed by atoms with E-state index in [0.717, 1.165) is 18.4 Å². The van der Waals surface area contributed by atoms with Gasteiger partial charge in [0, 0.05) is 11.6 Å². The molecule has 0 aromatic heterocycles. The third kappa shape index (κ3) is 3.63. The zero-order valence-corrected chi connectivity index (χ0v) is 15.6. The number of carbonyl (C=O) groups is 1. The Hall–Kier alpha value is -2.64. The van der Waals surface area contributed by atoms with Crippen LogP contribution in [0.3, 0.4) is 0 Å². The predicted molar refractivity (Wildman–Crippen MR) is 103 cm³/mol. The molecule has 134 valence electrons. The molecule has 26 heavy (non-hydrogen) atoms. The minimum Gasteiger partial charge on any atom is -0.348 e. The van der Waals surface area contributed by atoms with Crippen LogP contribution in [0.1, 0.15) is 47.3 Å². The van der Waals surface area contributed by atoms with Crippen LogP contribution >= 0.6 is 0 Å². The Balaban J connectivity index is 1.71. The van der Waals surface area contributed by atoms with Gasteiger partial charge in [-0.3, -0.25) is 4.79 Å². The number of nitrogens with one attached hydrogen (secondary N) is 1. The quantitative estimate of drug-likeness (QED) is 0.867. The smallest absolute Gasteiger partial charge is 0.251 e. The second-order valence-electron chi connectivity index (χ2n) is 7.35. The largest absolute Gasteiger partial charge is 0.348 e. The molecule has 0 saturated heterocycles. The van der Waals surface area contributed by atoms with Gasteiger partial charge < -0.3 is 10.2 Å². The molecule has 0 radical (unpaired) electrons. The number of hydrogen-bond acceptors (Lipinski definition) is 3. The molecule has 4 heteroatoms. The highest BCUT2D eigenvalue weighted by Crippen LogP contribution is 2.47. The average molecular weight is 347 g/mol. The first-order valence-electron chi connectivity index (χ1n) is 9.01. The molecule has 1 saturated carbocycles. The monoisotopic (exact) mass is 347 g/mol. The van der Waals surface area contributed by atoms with E-state index in [4.69, 9.17) is 0 Å². The molecular formula is C22H25N3O. The number of carbonyl (C=O) groups excluding carboxylic acids is 1. The van der Waals surface area contributed by atoms with Gasteiger partial charge in [0.05, 0.1) is 17.5 Å². The van der Waals surface area contributed by atoms with Crippen LogP contribution in [0, 0.1) is 11.3 Å². The van der Waals surface area contributed by atoms with Crippen LogP contribution < -0.4 is 5.32 Å². The van der Waals surface area contributed by atoms with Crippen molar-refractivity contribution in [1.82, 2.24) is 10.2 Å². The molecule has 1 N–H and O–H groups in total. The molecular weight excluding hydrogens is 322 g/mol. The summed E-state index contributed by atoms with van der Waals surface area (Å²) in [5.41, 5.74) is 2.50. The maximum atomic E-state index is 12.7. The topological polar surface area (TPSA) is 56.1 Å². The predicted octanol–water partition coefficient (Wildman–Crippen LogP) is 3.66. The normalized spacial score (nSPS) is 17.2. The Labute approximate surface area is 155 Å². The van der Waals surface area contributed by atoms with Crippen LogP contribution in [-0.2, 0) is 5.41 Å². The standard InChI is InChI=1S/C22H25N3O/c1-16(20(25(2)3)17-7-5-4-6-8-17)24-21(26)18-9-11-19(12-10-18)22(15-23)13-14-22/h4-12,16,20H,13-14H2,1-3H3,(H,24,26). The molecule has 1 amide bonds. The molecule has 2 unspecified atom stereocenters. The van der Waals surface area contributed by atoms with Gasteiger partial charge in [-0.1, -0.05) is 42.5 Å². The molecule has 2 atom stereocenters. The van der Waals surface area contributed by atoms with E-state index in [1.165, 1.54) is 5.56 Å². The lowest BCUT2D eigenvalue weighted by molar-refractivity contribution is 0.0915. The van der Waals surface area contributed by atoms with Crippen LogP contribution in [0.15, 0.2) is 54.6 Å². The highest BCUT2D eigenvalue weighted by Gasteiger charge is 2.44. The summed E-state index contributed by atoms with van der Waals surface area (Å²) in [7, 11) is 4.04. The summed E-state index contributed by atoms with van der Waals surface area (Å²) in [5.74, 6) is -0.0892. The van der Waals surface area contributed by atoms with Crippen molar-refractivity contribution in [2.45, 2.75) is 37.3 Å². The Bertz CT molecular complexity index is 802. The second kappa shape index (κ2) is 7.31. The molecule has 0 heterocycles. The highest BCUT2D eigenvalue weighted by atomic mass is 16.1. The minimum atomic E-state index is -0.314. The summed E-state index contributed by atoms with van der Waals surface area (Å²) in [6, 6.07) is 20.1. The summed E-state index contributed by atoms with van der Waals surface area (Å²) in [6.07, 6.45) is 1.82. The van der Waals surface area contributed by atoms with Gasteiger partial charge in [0.25, 0.3) is 5.91 Å². The summed E-state index contributed by atoms with van der Waals surface area (Å²) in [6.45, 7) is 2.03. The summed E-state index contributed by atoms with van der Waals surface area (Å²) < 4.78 is 0. The van der Waals surface area contributed by atoms with Gasteiger partial charge in [0.2, 0.25) is 0 Å². The van der Waals surface area contributed by atoms with Crippen molar-refractivity contribution in [3.05, 3.63) is 71.3 Å². The van der Waals surface area contributed by atoms with Gasteiger partial charge in [0.1, 0.15) is 0 Å². The van der Waals surface area contributed by atoms with E-state index in [1.54, 1.807) is 0 Å². The van der Waals surface area contributed by atoms with Crippen LogP contribution in [-0.4, -0.2) is 30.9 Å². The van der Waals surface area contributed by atoms with Crippen molar-refractivity contribution in [3.63, 3.8) is 0 Å². The lowest BCUT2D eigenvalue weighted by Gasteiger charge is -2.31. The molecule has 1 fully saturated rings. The Kier molecular flexibility index (Phi) is 5.11. The number of amides is 1. The van der Waals surface area contributed by atoms with Crippen molar-refractivity contribution in [3.8, 4) is 6.07 Å². The van der Waals surface area contributed by atoms with Crippen LogP contribution in [0.25, 0.3) is 0 Å². The van der Waals surface area contributed by atoms with E-state index < -0.39 is 0 Å². The fourth-order valence-electron chi connectivity index (χ4n) is 3.58. The third-order valence-electron chi connectivity index (χ3n) is 5.19. The molecule has 0 aliphatic heterocycles. The van der Waals surface area contributed by atoms with Crippen molar-refractivity contribution in [1.29, 1.82) is 5.26 Å². The fourth-order valence-corrected chi connectivity index (χ4v) is 3.58. The lowest BCUT2D eigenvalue weighted by atomic mass is 9.96. The number of benzene rings is 2. The first-order chi connectivity index (χ1) is 12.5. The first-order valence-corrected chi connectivity index (χ1v) is 9.01. The number of hydrogen-bond donors (Lipinski definition) is 1. The maximum absolute atomic E-state index is 12.7. The number of nitriles is 1. The highest BCUT2D eigenvalue weighted by molar-refractivity contribution is 5.94. The van der Waals surface area contributed by atoms with Gasteiger partial charge in [0.15, 0.2) is 0 Å². The molecule has 4 nitrogen and oxygen atoms in total. The SMILES string of the molecule is CC(NC(=O)c1ccc(C2(C#N)CC2)cc1)C(c1ccccc1)N(C)C. The zero-order valence-electron chi connectivity index (χ0n) is 15.6. The van der Waals surface area contributed by atoms with Gasteiger partial charge in [-0.2, -0.15) is 5.26 Å². The fraction of sp³-hybridized carbons (Fsp3) is 0.364. The van der Waals surface area contributed by atoms with Crippen molar-refractivity contribution < 1.29 is 4.79 Å². The second-order valence-corrected chi connectivity index (χ2v) is 7.35. The van der Waals surface area contributed by atoms with Crippen molar-refractivity contribution in [2.75, 3.05) is 14.1 Å². The molecule has 0 bridgehead atoms. The van der Waals surface area contributed by atoms with Gasteiger partial charge in [-0.25, -0.2) is 0 Å².